The Morgan fingerprint density at radius 1 is 0.905 bits per heavy atom. The highest BCUT2D eigenvalue weighted by atomic mass is 16.6. The Morgan fingerprint density at radius 3 is 1.71 bits per heavy atom. The van der Waals surface area contributed by atoms with Crippen LogP contribution in [0.5, 0.6) is 0 Å². The van der Waals surface area contributed by atoms with Gasteiger partial charge in [-0.2, -0.15) is 0 Å². The van der Waals surface area contributed by atoms with Gasteiger partial charge in [-0.15, -0.1) is 0 Å². The van der Waals surface area contributed by atoms with Gasteiger partial charge in [0.05, 0.1) is 0 Å². The van der Waals surface area contributed by atoms with E-state index in [1.165, 1.54) is 0 Å². The van der Waals surface area contributed by atoms with Gasteiger partial charge in [-0.3, -0.25) is 4.84 Å². The van der Waals surface area contributed by atoms with E-state index in [2.05, 4.69) is 24.7 Å². The first-order valence-corrected chi connectivity index (χ1v) is 7.28. The quantitative estimate of drug-likeness (QED) is 0.749. The molecule has 0 radical (unpaired) electrons. The van der Waals surface area contributed by atoms with Gasteiger partial charge in [0.2, 0.25) is 0 Å². The SMILES string of the molecule is C=Cc1nc(C=C)c(/C=C\C)[n+](OC)c1C=C.CC.CC. The summed E-state index contributed by atoms with van der Waals surface area (Å²) < 4.78 is 1.66. The highest BCUT2D eigenvalue weighted by Gasteiger charge is 2.23. The van der Waals surface area contributed by atoms with Crippen molar-refractivity contribution < 1.29 is 9.57 Å². The summed E-state index contributed by atoms with van der Waals surface area (Å²) in [6, 6.07) is 0. The van der Waals surface area contributed by atoms with Crippen LogP contribution in [0.1, 0.15) is 57.4 Å². The van der Waals surface area contributed by atoms with Crippen LogP contribution in [0.4, 0.5) is 0 Å². The van der Waals surface area contributed by atoms with E-state index >= 15 is 0 Å². The molecule has 0 N–H and O–H groups in total. The molecule has 116 valence electrons. The van der Waals surface area contributed by atoms with Crippen LogP contribution in [-0.4, -0.2) is 12.1 Å². The first-order chi connectivity index (χ1) is 10.2. The molecule has 0 aliphatic carbocycles. The maximum atomic E-state index is 5.36. The van der Waals surface area contributed by atoms with Crippen molar-refractivity contribution in [2.45, 2.75) is 34.6 Å². The lowest BCUT2D eigenvalue weighted by atomic mass is 10.2. The predicted molar refractivity (Wildman–Crippen MR) is 94.6 cm³/mol. The third-order valence-corrected chi connectivity index (χ3v) is 2.29. The largest absolute Gasteiger partial charge is 0.283 e. The lowest BCUT2D eigenvalue weighted by Gasteiger charge is -2.05. The lowest BCUT2D eigenvalue weighted by molar-refractivity contribution is -0.888. The van der Waals surface area contributed by atoms with Gasteiger partial charge >= 0.3 is 0 Å². The van der Waals surface area contributed by atoms with E-state index in [9.17, 15) is 0 Å². The van der Waals surface area contributed by atoms with Crippen molar-refractivity contribution in [1.29, 1.82) is 0 Å². The van der Waals surface area contributed by atoms with Crippen LogP contribution in [0.2, 0.25) is 0 Å². The summed E-state index contributed by atoms with van der Waals surface area (Å²) in [7, 11) is 1.60. The second-order valence-corrected chi connectivity index (χ2v) is 3.24. The molecule has 0 spiro atoms. The normalized spacial score (nSPS) is 8.86. The first-order valence-electron chi connectivity index (χ1n) is 7.28. The van der Waals surface area contributed by atoms with E-state index in [4.69, 9.17) is 4.84 Å². The third kappa shape index (κ3) is 5.38. The van der Waals surface area contributed by atoms with E-state index in [-0.39, 0.29) is 0 Å². The van der Waals surface area contributed by atoms with Crippen LogP contribution in [0.3, 0.4) is 0 Å². The Bertz CT molecular complexity index is 488. The fraction of sp³-hybridized carbons (Fsp3) is 0.333. The minimum absolute atomic E-state index is 0.713. The van der Waals surface area contributed by atoms with Crippen LogP contribution in [-0.2, 0) is 0 Å². The molecule has 1 aromatic rings. The van der Waals surface area contributed by atoms with Crippen molar-refractivity contribution in [1.82, 2.24) is 4.98 Å². The summed E-state index contributed by atoms with van der Waals surface area (Å²) in [5, 5.41) is 0. The van der Waals surface area contributed by atoms with E-state index < -0.39 is 0 Å². The van der Waals surface area contributed by atoms with Crippen molar-refractivity contribution in [3.05, 3.63) is 48.6 Å². The maximum absolute atomic E-state index is 5.36. The molecule has 0 aliphatic heterocycles. The summed E-state index contributed by atoms with van der Waals surface area (Å²) in [4.78, 5) is 9.81. The molecule has 3 nitrogen and oxygen atoms in total. The molecular weight excluding hydrogens is 260 g/mol. The van der Waals surface area contributed by atoms with Gasteiger partial charge in [0, 0.05) is 16.9 Å². The molecule has 0 amide bonds. The van der Waals surface area contributed by atoms with Gasteiger partial charge in [-0.05, 0) is 19.1 Å². The number of nitrogens with zero attached hydrogens (tertiary/aromatic N) is 2. The van der Waals surface area contributed by atoms with Crippen molar-refractivity contribution >= 4 is 24.3 Å². The smallest absolute Gasteiger partial charge is 0.273 e. The summed E-state index contributed by atoms with van der Waals surface area (Å²) in [5.41, 5.74) is 3.04. The molecule has 0 fully saturated rings. The zero-order valence-electron chi connectivity index (χ0n) is 14.3. The molecule has 1 rings (SSSR count). The molecule has 0 atom stereocenters. The minimum atomic E-state index is 0.713. The van der Waals surface area contributed by atoms with Crippen molar-refractivity contribution in [2.24, 2.45) is 0 Å². The predicted octanol–water partition coefficient (Wildman–Crippen LogP) is 4.44. The standard InChI is InChI=1S/C14H17N2O.2C2H6/c1-6-10-14-12(8-3)15-11(7-2)13(9-4)16(14)17-5;2*1-2/h6-10H,2-4H2,1,5H3;2*1-2H3/q+1;;/b10-6-;;. The molecule has 3 heteroatoms. The van der Waals surface area contributed by atoms with E-state index in [0.29, 0.717) is 5.69 Å². The molecule has 21 heavy (non-hydrogen) atoms. The zero-order valence-corrected chi connectivity index (χ0v) is 14.3. The van der Waals surface area contributed by atoms with Crippen LogP contribution in [0.25, 0.3) is 24.3 Å². The highest BCUT2D eigenvalue weighted by Crippen LogP contribution is 2.12. The molecule has 0 saturated heterocycles. The molecular formula is C18H29N2O+. The fourth-order valence-corrected chi connectivity index (χ4v) is 1.58. The van der Waals surface area contributed by atoms with E-state index in [1.54, 1.807) is 30.1 Å². The number of aromatic nitrogens is 2. The summed E-state index contributed by atoms with van der Waals surface area (Å²) in [5.74, 6) is 0. The highest BCUT2D eigenvalue weighted by molar-refractivity contribution is 5.61. The topological polar surface area (TPSA) is 26.0 Å². The number of rotatable bonds is 5. The summed E-state index contributed by atoms with van der Waals surface area (Å²) in [6.45, 7) is 21.2. The fourth-order valence-electron chi connectivity index (χ4n) is 1.58. The lowest BCUT2D eigenvalue weighted by Crippen LogP contribution is -2.48. The monoisotopic (exact) mass is 289 g/mol. The van der Waals surface area contributed by atoms with Crippen molar-refractivity contribution in [3.8, 4) is 0 Å². The summed E-state index contributed by atoms with van der Waals surface area (Å²) >= 11 is 0. The average Bonchev–Trinajstić information content (AvgIpc) is 2.57. The van der Waals surface area contributed by atoms with Crippen LogP contribution in [0.15, 0.2) is 25.8 Å². The molecule has 1 aromatic heterocycles. The number of hydrogen-bond donors (Lipinski definition) is 0. The Hall–Kier alpha value is -2.16. The molecule has 0 bridgehead atoms. The zero-order chi connectivity index (χ0) is 16.8. The van der Waals surface area contributed by atoms with Gasteiger partial charge in [0.15, 0.2) is 0 Å². The second-order valence-electron chi connectivity index (χ2n) is 3.24. The van der Waals surface area contributed by atoms with E-state index in [1.807, 2.05) is 46.8 Å². The Kier molecular flexibility index (Phi) is 12.9. The van der Waals surface area contributed by atoms with Crippen LogP contribution in [0, 0.1) is 0 Å². The van der Waals surface area contributed by atoms with Gasteiger partial charge < -0.3 is 0 Å². The summed E-state index contributed by atoms with van der Waals surface area (Å²) in [6.07, 6.45) is 8.87. The van der Waals surface area contributed by atoms with Crippen LogP contribution < -0.4 is 9.57 Å². The Balaban J connectivity index is 0. The molecule has 0 aliphatic rings. The third-order valence-electron chi connectivity index (χ3n) is 2.29. The van der Waals surface area contributed by atoms with Gasteiger partial charge in [-0.25, -0.2) is 4.98 Å². The van der Waals surface area contributed by atoms with Crippen molar-refractivity contribution in [2.75, 3.05) is 7.11 Å². The number of hydrogen-bond acceptors (Lipinski definition) is 2. The second kappa shape index (κ2) is 12.9. The molecule has 1 heterocycles. The maximum Gasteiger partial charge on any atom is 0.283 e. The number of allylic oxidation sites excluding steroid dienone is 1. The van der Waals surface area contributed by atoms with Gasteiger partial charge in [-0.1, -0.05) is 53.5 Å². The minimum Gasteiger partial charge on any atom is -0.273 e. The first kappa shape index (κ1) is 21.1. The Morgan fingerprint density at radius 2 is 1.38 bits per heavy atom. The molecule has 0 saturated carbocycles. The van der Waals surface area contributed by atoms with Gasteiger partial charge in [0.1, 0.15) is 18.5 Å². The average molecular weight is 289 g/mol. The Labute approximate surface area is 130 Å². The van der Waals surface area contributed by atoms with Crippen molar-refractivity contribution in [3.63, 3.8) is 0 Å². The van der Waals surface area contributed by atoms with Crippen LogP contribution >= 0.6 is 0 Å². The molecule has 0 unspecified atom stereocenters. The van der Waals surface area contributed by atoms with Gasteiger partial charge in [0.25, 0.3) is 11.4 Å². The molecule has 0 aromatic carbocycles. The van der Waals surface area contributed by atoms with E-state index in [0.717, 1.165) is 17.1 Å².